The van der Waals surface area contributed by atoms with Crippen LogP contribution in [0.1, 0.15) is 58.3 Å². The molecule has 2 fully saturated rings. The molecule has 2 aliphatic rings. The van der Waals surface area contributed by atoms with Gasteiger partial charge in [-0.2, -0.15) is 0 Å². The summed E-state index contributed by atoms with van der Waals surface area (Å²) in [6, 6.07) is 0. The normalized spacial score (nSPS) is 34.9. The number of hydrogen-bond donors (Lipinski definition) is 2. The molecule has 0 aliphatic heterocycles. The molecular formula is C13H25NO3S. The summed E-state index contributed by atoms with van der Waals surface area (Å²) >= 11 is 0. The Kier molecular flexibility index (Phi) is 4.34. The van der Waals surface area contributed by atoms with Gasteiger partial charge in [-0.05, 0) is 31.6 Å². The molecule has 2 aliphatic carbocycles. The lowest BCUT2D eigenvalue weighted by atomic mass is 9.78. The summed E-state index contributed by atoms with van der Waals surface area (Å²) in [6.45, 7) is 2.05. The molecule has 4 nitrogen and oxygen atoms in total. The molecule has 2 N–H and O–H groups in total. The van der Waals surface area contributed by atoms with Gasteiger partial charge in [0.15, 0.2) is 0 Å². The lowest BCUT2D eigenvalue weighted by Crippen LogP contribution is -2.55. The van der Waals surface area contributed by atoms with E-state index in [2.05, 4.69) is 11.6 Å². The van der Waals surface area contributed by atoms with Crippen LogP contribution in [0.3, 0.4) is 0 Å². The molecule has 18 heavy (non-hydrogen) atoms. The van der Waals surface area contributed by atoms with E-state index in [9.17, 15) is 13.5 Å². The first-order valence-corrected chi connectivity index (χ1v) is 8.66. The number of hydrogen-bond acceptors (Lipinski definition) is 3. The lowest BCUT2D eigenvalue weighted by molar-refractivity contribution is 0.119. The average Bonchev–Trinajstić information content (AvgIpc) is 2.82. The Balaban J connectivity index is 2.09. The zero-order valence-electron chi connectivity index (χ0n) is 11.2. The average molecular weight is 275 g/mol. The van der Waals surface area contributed by atoms with Gasteiger partial charge in [-0.3, -0.25) is 0 Å². The number of rotatable bonds is 4. The van der Waals surface area contributed by atoms with Crippen LogP contribution in [0.2, 0.25) is 0 Å². The van der Waals surface area contributed by atoms with Gasteiger partial charge in [0.2, 0.25) is 10.0 Å². The van der Waals surface area contributed by atoms with Gasteiger partial charge in [0, 0.05) is 0 Å². The van der Waals surface area contributed by atoms with Crippen LogP contribution in [0, 0.1) is 5.92 Å². The second-order valence-electron chi connectivity index (χ2n) is 6.19. The third kappa shape index (κ3) is 3.06. The molecule has 0 aromatic rings. The maximum absolute atomic E-state index is 12.3. The van der Waals surface area contributed by atoms with Crippen molar-refractivity contribution >= 4 is 10.0 Å². The highest BCUT2D eigenvalue weighted by Gasteiger charge is 2.40. The van der Waals surface area contributed by atoms with Crippen LogP contribution >= 0.6 is 0 Å². The molecule has 0 radical (unpaired) electrons. The zero-order valence-corrected chi connectivity index (χ0v) is 12.0. The van der Waals surface area contributed by atoms with Crippen LogP contribution in [0.15, 0.2) is 0 Å². The number of aliphatic hydroxyl groups is 1. The predicted molar refractivity (Wildman–Crippen MR) is 71.8 cm³/mol. The van der Waals surface area contributed by atoms with Crippen molar-refractivity contribution in [2.24, 2.45) is 5.92 Å². The third-order valence-corrected chi connectivity index (χ3v) is 6.56. The van der Waals surface area contributed by atoms with Crippen molar-refractivity contribution in [1.82, 2.24) is 4.72 Å². The van der Waals surface area contributed by atoms with Crippen molar-refractivity contribution in [1.29, 1.82) is 0 Å². The zero-order chi connectivity index (χ0) is 13.2. The van der Waals surface area contributed by atoms with Gasteiger partial charge in [0.1, 0.15) is 0 Å². The molecule has 0 heterocycles. The van der Waals surface area contributed by atoms with Gasteiger partial charge in [-0.15, -0.1) is 0 Å². The molecule has 2 unspecified atom stereocenters. The highest BCUT2D eigenvalue weighted by atomic mass is 32.2. The smallest absolute Gasteiger partial charge is 0.215 e. The third-order valence-electron chi connectivity index (χ3n) is 4.49. The van der Waals surface area contributed by atoms with Crippen molar-refractivity contribution in [3.05, 3.63) is 0 Å². The second kappa shape index (κ2) is 5.47. The maximum Gasteiger partial charge on any atom is 0.215 e. The summed E-state index contributed by atoms with van der Waals surface area (Å²) in [5.41, 5.74) is -0.598. The van der Waals surface area contributed by atoms with Crippen LogP contribution in [0.5, 0.6) is 0 Å². The lowest BCUT2D eigenvalue weighted by Gasteiger charge is -2.39. The fourth-order valence-corrected chi connectivity index (χ4v) is 5.49. The molecule has 0 bridgehead atoms. The Morgan fingerprint density at radius 1 is 1.22 bits per heavy atom. The maximum atomic E-state index is 12.3. The van der Waals surface area contributed by atoms with Gasteiger partial charge < -0.3 is 5.11 Å². The molecule has 0 spiro atoms. The molecule has 0 amide bonds. The second-order valence-corrected chi connectivity index (χ2v) is 8.15. The van der Waals surface area contributed by atoms with E-state index in [0.29, 0.717) is 5.92 Å². The van der Waals surface area contributed by atoms with E-state index in [-0.39, 0.29) is 11.9 Å². The van der Waals surface area contributed by atoms with E-state index in [1.165, 1.54) is 0 Å². The summed E-state index contributed by atoms with van der Waals surface area (Å²) in [5, 5.41) is 9.40. The van der Waals surface area contributed by atoms with Crippen LogP contribution in [0.4, 0.5) is 0 Å². The summed E-state index contributed by atoms with van der Waals surface area (Å²) in [5.74, 6) is 0.483. The molecule has 2 saturated carbocycles. The van der Waals surface area contributed by atoms with Gasteiger partial charge in [-0.25, -0.2) is 13.1 Å². The minimum atomic E-state index is -3.26. The Hall–Kier alpha value is -0.130. The largest absolute Gasteiger partial charge is 0.394 e. The van der Waals surface area contributed by atoms with Gasteiger partial charge in [-0.1, -0.05) is 32.6 Å². The van der Waals surface area contributed by atoms with Gasteiger partial charge in [0.25, 0.3) is 0 Å². The number of sulfonamides is 1. The molecule has 0 aromatic carbocycles. The van der Waals surface area contributed by atoms with Gasteiger partial charge >= 0.3 is 0 Å². The number of aliphatic hydroxyl groups excluding tert-OH is 1. The quantitative estimate of drug-likeness (QED) is 0.822. The van der Waals surface area contributed by atoms with Crippen molar-refractivity contribution < 1.29 is 13.5 Å². The highest BCUT2D eigenvalue weighted by Crippen LogP contribution is 2.34. The van der Waals surface area contributed by atoms with Gasteiger partial charge in [0.05, 0.1) is 17.4 Å². The summed E-state index contributed by atoms with van der Waals surface area (Å²) in [7, 11) is -3.26. The summed E-state index contributed by atoms with van der Waals surface area (Å²) in [6.07, 6.45) is 7.21. The first kappa shape index (κ1) is 14.3. The van der Waals surface area contributed by atoms with Crippen molar-refractivity contribution in [2.75, 3.05) is 6.61 Å². The molecule has 106 valence electrons. The summed E-state index contributed by atoms with van der Waals surface area (Å²) < 4.78 is 27.6. The fourth-order valence-electron chi connectivity index (χ4n) is 3.51. The van der Waals surface area contributed by atoms with E-state index in [1.54, 1.807) is 0 Å². The first-order valence-electron chi connectivity index (χ1n) is 7.11. The van der Waals surface area contributed by atoms with E-state index in [4.69, 9.17) is 0 Å². The Labute approximate surface area is 110 Å². The van der Waals surface area contributed by atoms with Crippen molar-refractivity contribution in [2.45, 2.75) is 69.1 Å². The Morgan fingerprint density at radius 2 is 1.89 bits per heavy atom. The van der Waals surface area contributed by atoms with Crippen LogP contribution in [0.25, 0.3) is 0 Å². The van der Waals surface area contributed by atoms with Crippen molar-refractivity contribution in [3.8, 4) is 0 Å². The van der Waals surface area contributed by atoms with E-state index < -0.39 is 15.6 Å². The minimum Gasteiger partial charge on any atom is -0.394 e. The first-order chi connectivity index (χ1) is 8.47. The van der Waals surface area contributed by atoms with Crippen LogP contribution in [-0.2, 0) is 10.0 Å². The highest BCUT2D eigenvalue weighted by molar-refractivity contribution is 7.90. The molecule has 0 aromatic heterocycles. The molecule has 0 saturated heterocycles. The molecule has 2 atom stereocenters. The van der Waals surface area contributed by atoms with Crippen molar-refractivity contribution in [3.63, 3.8) is 0 Å². The van der Waals surface area contributed by atoms with Crippen LogP contribution < -0.4 is 4.72 Å². The standard InChI is InChI=1S/C13H25NO3S/c1-11-5-4-8-13(9-11,10-15)14-18(16,17)12-6-2-3-7-12/h11-12,14-15H,2-10H2,1H3. The van der Waals surface area contributed by atoms with E-state index >= 15 is 0 Å². The molecular weight excluding hydrogens is 250 g/mol. The minimum absolute atomic E-state index is 0.0801. The Morgan fingerprint density at radius 3 is 2.44 bits per heavy atom. The SMILES string of the molecule is CC1CCCC(CO)(NS(=O)(=O)C2CCCC2)C1. The fraction of sp³-hybridized carbons (Fsp3) is 1.00. The molecule has 2 rings (SSSR count). The number of nitrogens with one attached hydrogen (secondary N) is 1. The monoisotopic (exact) mass is 275 g/mol. The van der Waals surface area contributed by atoms with Crippen LogP contribution in [-0.4, -0.2) is 30.9 Å². The summed E-state index contributed by atoms with van der Waals surface area (Å²) in [4.78, 5) is 0. The van der Waals surface area contributed by atoms with E-state index in [1.807, 2.05) is 0 Å². The topological polar surface area (TPSA) is 66.4 Å². The van der Waals surface area contributed by atoms with E-state index in [0.717, 1.165) is 51.4 Å². The predicted octanol–water partition coefficient (Wildman–Crippen LogP) is 1.79. The Bertz CT molecular complexity index is 376. The molecule has 5 heteroatoms.